The highest BCUT2D eigenvalue weighted by Crippen LogP contribution is 2.26. The van der Waals surface area contributed by atoms with Crippen LogP contribution in [0.2, 0.25) is 0 Å². The smallest absolute Gasteiger partial charge is 0.204 e. The van der Waals surface area contributed by atoms with E-state index in [2.05, 4.69) is 65.3 Å². The number of fused-ring (bicyclic) bond motifs is 1. The average Bonchev–Trinajstić information content (AvgIpc) is 2.96. The van der Waals surface area contributed by atoms with Gasteiger partial charge in [-0.25, -0.2) is 4.98 Å². The predicted molar refractivity (Wildman–Crippen MR) is 104 cm³/mol. The van der Waals surface area contributed by atoms with Crippen molar-refractivity contribution in [2.45, 2.75) is 51.2 Å². The Hall–Kier alpha value is -2.33. The minimum Gasteiger partial charge on any atom is -0.353 e. The van der Waals surface area contributed by atoms with Crippen LogP contribution in [0.15, 0.2) is 48.5 Å². The highest BCUT2D eigenvalue weighted by atomic mass is 15.2. The summed E-state index contributed by atoms with van der Waals surface area (Å²) in [6.07, 6.45) is 4.43. The molecule has 0 amide bonds. The van der Waals surface area contributed by atoms with Crippen LogP contribution in [0.25, 0.3) is 11.0 Å². The van der Waals surface area contributed by atoms with E-state index in [1.807, 2.05) is 0 Å². The number of nitrogens with zero attached hydrogens (tertiary/aromatic N) is 2. The molecule has 2 aromatic carbocycles. The predicted octanol–water partition coefficient (Wildman–Crippen LogP) is 4.07. The van der Waals surface area contributed by atoms with Gasteiger partial charge in [-0.15, -0.1) is 0 Å². The molecular weight excluding hydrogens is 308 g/mol. The van der Waals surface area contributed by atoms with Crippen LogP contribution in [-0.4, -0.2) is 21.6 Å². The lowest BCUT2D eigenvalue weighted by atomic mass is 9.92. The lowest BCUT2D eigenvalue weighted by Crippen LogP contribution is -2.33. The molecule has 4 heteroatoms. The molecule has 0 saturated heterocycles. The van der Waals surface area contributed by atoms with Gasteiger partial charge in [0.05, 0.1) is 17.6 Å². The fourth-order valence-electron chi connectivity index (χ4n) is 3.75. The van der Waals surface area contributed by atoms with E-state index >= 15 is 0 Å². The number of rotatable bonds is 4. The molecule has 3 aromatic rings. The maximum atomic E-state index is 6.05. The molecule has 4 nitrogen and oxygen atoms in total. The van der Waals surface area contributed by atoms with E-state index in [1.54, 1.807) is 0 Å². The van der Waals surface area contributed by atoms with Gasteiger partial charge in [-0.2, -0.15) is 0 Å². The first kappa shape index (κ1) is 16.2. The minimum absolute atomic E-state index is 0.365. The van der Waals surface area contributed by atoms with Gasteiger partial charge >= 0.3 is 0 Å². The molecule has 0 bridgehead atoms. The highest BCUT2D eigenvalue weighted by molar-refractivity contribution is 5.78. The molecule has 4 rings (SSSR count). The van der Waals surface area contributed by atoms with Gasteiger partial charge < -0.3 is 15.6 Å². The Balaban J connectivity index is 1.67. The maximum absolute atomic E-state index is 6.05. The summed E-state index contributed by atoms with van der Waals surface area (Å²) in [4.78, 5) is 4.87. The van der Waals surface area contributed by atoms with E-state index < -0.39 is 0 Å². The van der Waals surface area contributed by atoms with Crippen molar-refractivity contribution >= 4 is 17.0 Å². The van der Waals surface area contributed by atoms with Crippen LogP contribution >= 0.6 is 0 Å². The largest absolute Gasteiger partial charge is 0.353 e. The quantitative estimate of drug-likeness (QED) is 0.756. The van der Waals surface area contributed by atoms with Crippen LogP contribution in [0.3, 0.4) is 0 Å². The van der Waals surface area contributed by atoms with Gasteiger partial charge in [0.2, 0.25) is 5.95 Å². The third kappa shape index (κ3) is 3.40. The van der Waals surface area contributed by atoms with Crippen LogP contribution in [-0.2, 0) is 6.54 Å². The summed E-state index contributed by atoms with van der Waals surface area (Å²) in [5, 5.41) is 3.70. The SMILES string of the molecule is Cc1ccccc1Cn1c(NC2CCC(N)CC2)nc2ccccc21. The van der Waals surface area contributed by atoms with E-state index in [0.29, 0.717) is 12.1 Å². The number of hydrogen-bond acceptors (Lipinski definition) is 3. The van der Waals surface area contributed by atoms with Crippen LogP contribution in [0.1, 0.15) is 36.8 Å². The zero-order valence-electron chi connectivity index (χ0n) is 14.8. The van der Waals surface area contributed by atoms with Gasteiger partial charge in [-0.3, -0.25) is 0 Å². The number of aromatic nitrogens is 2. The minimum atomic E-state index is 0.365. The Kier molecular flexibility index (Phi) is 4.45. The molecule has 1 saturated carbocycles. The number of para-hydroxylation sites is 2. The van der Waals surface area contributed by atoms with Crippen molar-refractivity contribution in [3.05, 3.63) is 59.7 Å². The Morgan fingerprint density at radius 3 is 2.56 bits per heavy atom. The van der Waals surface area contributed by atoms with Gasteiger partial charge in [0.15, 0.2) is 0 Å². The molecule has 0 aliphatic heterocycles. The number of nitrogens with one attached hydrogen (secondary N) is 1. The van der Waals surface area contributed by atoms with Crippen molar-refractivity contribution in [2.24, 2.45) is 5.73 Å². The summed E-state index contributed by atoms with van der Waals surface area (Å²) < 4.78 is 2.31. The second-order valence-electron chi connectivity index (χ2n) is 7.19. The Morgan fingerprint density at radius 2 is 1.76 bits per heavy atom. The summed E-state index contributed by atoms with van der Waals surface area (Å²) >= 11 is 0. The Labute approximate surface area is 149 Å². The fourth-order valence-corrected chi connectivity index (χ4v) is 3.75. The number of imidazole rings is 1. The lowest BCUT2D eigenvalue weighted by molar-refractivity contribution is 0.409. The molecule has 0 atom stereocenters. The standard InChI is InChI=1S/C21H26N4/c1-15-6-2-3-7-16(15)14-25-20-9-5-4-8-19(20)24-21(25)23-18-12-10-17(22)11-13-18/h2-9,17-18H,10-14,22H2,1H3,(H,23,24). The van der Waals surface area contributed by atoms with Crippen LogP contribution in [0, 0.1) is 6.92 Å². The molecule has 0 unspecified atom stereocenters. The molecule has 1 aliphatic rings. The topological polar surface area (TPSA) is 55.9 Å². The summed E-state index contributed by atoms with van der Waals surface area (Å²) in [7, 11) is 0. The Morgan fingerprint density at radius 1 is 1.04 bits per heavy atom. The van der Waals surface area contributed by atoms with Crippen molar-refractivity contribution in [1.29, 1.82) is 0 Å². The van der Waals surface area contributed by atoms with Crippen LogP contribution in [0.4, 0.5) is 5.95 Å². The first-order valence-corrected chi connectivity index (χ1v) is 9.22. The summed E-state index contributed by atoms with van der Waals surface area (Å²) in [5.41, 5.74) is 10.9. The van der Waals surface area contributed by atoms with Gasteiger partial charge in [0.25, 0.3) is 0 Å². The van der Waals surface area contributed by atoms with Crippen molar-refractivity contribution in [3.63, 3.8) is 0 Å². The average molecular weight is 334 g/mol. The van der Waals surface area contributed by atoms with Crippen LogP contribution < -0.4 is 11.1 Å². The zero-order valence-corrected chi connectivity index (χ0v) is 14.8. The van der Waals surface area contributed by atoms with Gasteiger partial charge in [-0.1, -0.05) is 36.4 Å². The first-order chi connectivity index (χ1) is 12.2. The molecule has 1 fully saturated rings. The van der Waals surface area contributed by atoms with E-state index in [9.17, 15) is 0 Å². The van der Waals surface area contributed by atoms with Crippen molar-refractivity contribution < 1.29 is 0 Å². The fraction of sp³-hybridized carbons (Fsp3) is 0.381. The number of aryl methyl sites for hydroxylation is 1. The maximum Gasteiger partial charge on any atom is 0.204 e. The molecule has 3 N–H and O–H groups in total. The van der Waals surface area contributed by atoms with Gasteiger partial charge in [0, 0.05) is 12.1 Å². The second kappa shape index (κ2) is 6.89. The molecule has 0 spiro atoms. The Bertz CT molecular complexity index is 859. The third-order valence-electron chi connectivity index (χ3n) is 5.35. The third-order valence-corrected chi connectivity index (χ3v) is 5.35. The summed E-state index contributed by atoms with van der Waals surface area (Å²) in [6, 6.07) is 17.8. The van der Waals surface area contributed by atoms with Crippen molar-refractivity contribution in [2.75, 3.05) is 5.32 Å². The first-order valence-electron chi connectivity index (χ1n) is 9.22. The van der Waals surface area contributed by atoms with E-state index in [1.165, 1.54) is 16.6 Å². The summed E-state index contributed by atoms with van der Waals surface area (Å²) in [6.45, 7) is 3.01. The molecule has 0 radical (unpaired) electrons. The number of hydrogen-bond donors (Lipinski definition) is 2. The number of anilines is 1. The second-order valence-corrected chi connectivity index (χ2v) is 7.19. The lowest BCUT2D eigenvalue weighted by Gasteiger charge is -2.27. The van der Waals surface area contributed by atoms with Crippen molar-refractivity contribution in [3.8, 4) is 0 Å². The molecule has 25 heavy (non-hydrogen) atoms. The molecule has 1 aliphatic carbocycles. The highest BCUT2D eigenvalue weighted by Gasteiger charge is 2.21. The van der Waals surface area contributed by atoms with E-state index in [0.717, 1.165) is 43.7 Å². The molecule has 1 heterocycles. The zero-order chi connectivity index (χ0) is 17.2. The molecule has 130 valence electrons. The number of benzene rings is 2. The van der Waals surface area contributed by atoms with Crippen LogP contribution in [0.5, 0.6) is 0 Å². The summed E-state index contributed by atoms with van der Waals surface area (Å²) in [5.74, 6) is 0.977. The molecule has 1 aromatic heterocycles. The number of nitrogens with two attached hydrogens (primary N) is 1. The van der Waals surface area contributed by atoms with Gasteiger partial charge in [0.1, 0.15) is 0 Å². The van der Waals surface area contributed by atoms with E-state index in [4.69, 9.17) is 10.7 Å². The monoisotopic (exact) mass is 334 g/mol. The molecular formula is C21H26N4. The van der Waals surface area contributed by atoms with Crippen molar-refractivity contribution in [1.82, 2.24) is 9.55 Å². The van der Waals surface area contributed by atoms with Gasteiger partial charge in [-0.05, 0) is 55.9 Å². The van der Waals surface area contributed by atoms with E-state index in [-0.39, 0.29) is 0 Å². The normalized spacial score (nSPS) is 20.7.